The lowest BCUT2D eigenvalue weighted by atomic mass is 10.2. The number of benzene rings is 1. The van der Waals surface area contributed by atoms with Gasteiger partial charge >= 0.3 is 5.69 Å². The van der Waals surface area contributed by atoms with Crippen molar-refractivity contribution in [2.24, 2.45) is 0 Å². The van der Waals surface area contributed by atoms with Crippen LogP contribution in [0.25, 0.3) is 11.6 Å². The first-order valence-electron chi connectivity index (χ1n) is 10.4. The summed E-state index contributed by atoms with van der Waals surface area (Å²) in [7, 11) is 0. The van der Waals surface area contributed by atoms with Crippen LogP contribution < -0.4 is 15.7 Å². The van der Waals surface area contributed by atoms with Crippen LogP contribution in [0.2, 0.25) is 0 Å². The third-order valence-electron chi connectivity index (χ3n) is 5.02. The Kier molecular flexibility index (Phi) is 6.02. The average molecular weight is 410 g/mol. The standard InChI is InChI=1S/C22H26N4O4/c1-2-3-14-29-18-10-6-16(7-11-18)21(27)23-12-13-25-22(28)26(17-8-9-17)20(24-25)19-5-4-15-30-19/h4-7,10-11,15,17H,2-3,8-9,12-14H2,1H3,(H,23,27). The zero-order chi connectivity index (χ0) is 20.9. The fraction of sp³-hybridized carbons (Fsp3) is 0.409. The van der Waals surface area contributed by atoms with Gasteiger partial charge in [0.15, 0.2) is 5.76 Å². The number of nitrogens with one attached hydrogen (secondary N) is 1. The molecule has 1 amide bonds. The van der Waals surface area contributed by atoms with Gasteiger partial charge in [-0.05, 0) is 55.7 Å². The summed E-state index contributed by atoms with van der Waals surface area (Å²) in [5.74, 6) is 1.67. The highest BCUT2D eigenvalue weighted by Gasteiger charge is 2.31. The normalized spacial score (nSPS) is 13.4. The molecular formula is C22H26N4O4. The van der Waals surface area contributed by atoms with Crippen LogP contribution in [0.15, 0.2) is 51.9 Å². The number of furan rings is 1. The monoisotopic (exact) mass is 410 g/mol. The Balaban J connectivity index is 1.36. The minimum atomic E-state index is -0.198. The minimum Gasteiger partial charge on any atom is -0.494 e. The first-order chi connectivity index (χ1) is 14.7. The summed E-state index contributed by atoms with van der Waals surface area (Å²) in [5, 5.41) is 7.28. The van der Waals surface area contributed by atoms with E-state index < -0.39 is 0 Å². The van der Waals surface area contributed by atoms with Crippen LogP contribution in [0.5, 0.6) is 5.75 Å². The molecule has 3 aromatic rings. The molecule has 1 fully saturated rings. The van der Waals surface area contributed by atoms with Crippen LogP contribution in [-0.4, -0.2) is 33.4 Å². The second-order valence-corrected chi connectivity index (χ2v) is 7.39. The molecule has 0 aliphatic heterocycles. The van der Waals surface area contributed by atoms with Crippen molar-refractivity contribution in [2.45, 2.75) is 45.2 Å². The quantitative estimate of drug-likeness (QED) is 0.518. The number of carbonyl (C=O) groups excluding carboxylic acids is 1. The van der Waals surface area contributed by atoms with E-state index in [1.54, 1.807) is 47.2 Å². The Morgan fingerprint density at radius 1 is 1.27 bits per heavy atom. The zero-order valence-electron chi connectivity index (χ0n) is 17.0. The fourth-order valence-corrected chi connectivity index (χ4v) is 3.22. The Morgan fingerprint density at radius 2 is 2.07 bits per heavy atom. The molecule has 0 unspecified atom stereocenters. The number of carbonyl (C=O) groups is 1. The Morgan fingerprint density at radius 3 is 2.73 bits per heavy atom. The van der Waals surface area contributed by atoms with Crippen molar-refractivity contribution in [3.63, 3.8) is 0 Å². The molecule has 8 nitrogen and oxygen atoms in total. The Labute approximate surface area is 174 Å². The molecule has 1 N–H and O–H groups in total. The molecule has 30 heavy (non-hydrogen) atoms. The lowest BCUT2D eigenvalue weighted by molar-refractivity contribution is 0.0951. The van der Waals surface area contributed by atoms with Crippen LogP contribution in [0.4, 0.5) is 0 Å². The SMILES string of the molecule is CCCCOc1ccc(C(=O)NCCn2nc(-c3ccco3)n(C3CC3)c2=O)cc1. The van der Waals surface area contributed by atoms with Gasteiger partial charge in [0.25, 0.3) is 5.91 Å². The molecule has 0 radical (unpaired) electrons. The highest BCUT2D eigenvalue weighted by Crippen LogP contribution is 2.36. The van der Waals surface area contributed by atoms with Gasteiger partial charge in [-0.15, -0.1) is 5.10 Å². The highest BCUT2D eigenvalue weighted by atomic mass is 16.5. The third kappa shape index (κ3) is 4.48. The predicted octanol–water partition coefficient (Wildman–Crippen LogP) is 3.25. The summed E-state index contributed by atoms with van der Waals surface area (Å²) in [5.41, 5.74) is 0.372. The number of ether oxygens (including phenoxy) is 1. The van der Waals surface area contributed by atoms with E-state index >= 15 is 0 Å². The second kappa shape index (κ2) is 9.02. The number of rotatable bonds is 10. The number of hydrogen-bond donors (Lipinski definition) is 1. The maximum Gasteiger partial charge on any atom is 0.346 e. The number of hydrogen-bond acceptors (Lipinski definition) is 5. The molecule has 0 spiro atoms. The van der Waals surface area contributed by atoms with E-state index in [4.69, 9.17) is 9.15 Å². The van der Waals surface area contributed by atoms with Gasteiger partial charge in [0, 0.05) is 18.2 Å². The zero-order valence-corrected chi connectivity index (χ0v) is 17.0. The molecule has 2 heterocycles. The van der Waals surface area contributed by atoms with Crippen molar-refractivity contribution in [1.29, 1.82) is 0 Å². The molecule has 1 saturated carbocycles. The van der Waals surface area contributed by atoms with Gasteiger partial charge in [-0.3, -0.25) is 9.36 Å². The van der Waals surface area contributed by atoms with E-state index in [1.165, 1.54) is 4.68 Å². The highest BCUT2D eigenvalue weighted by molar-refractivity contribution is 5.94. The summed E-state index contributed by atoms with van der Waals surface area (Å²) >= 11 is 0. The number of amides is 1. The molecule has 0 bridgehead atoms. The van der Waals surface area contributed by atoms with Crippen molar-refractivity contribution >= 4 is 5.91 Å². The lowest BCUT2D eigenvalue weighted by Crippen LogP contribution is -2.32. The van der Waals surface area contributed by atoms with Gasteiger partial charge in [-0.2, -0.15) is 0 Å². The van der Waals surface area contributed by atoms with Crippen molar-refractivity contribution in [1.82, 2.24) is 19.7 Å². The third-order valence-corrected chi connectivity index (χ3v) is 5.02. The molecule has 1 aliphatic rings. The van der Waals surface area contributed by atoms with Crippen LogP contribution >= 0.6 is 0 Å². The van der Waals surface area contributed by atoms with E-state index in [1.807, 2.05) is 0 Å². The van der Waals surface area contributed by atoms with E-state index in [0.717, 1.165) is 31.4 Å². The second-order valence-electron chi connectivity index (χ2n) is 7.39. The predicted molar refractivity (Wildman–Crippen MR) is 112 cm³/mol. The summed E-state index contributed by atoms with van der Waals surface area (Å²) < 4.78 is 14.1. The van der Waals surface area contributed by atoms with Gasteiger partial charge in [-0.1, -0.05) is 13.3 Å². The van der Waals surface area contributed by atoms with Crippen LogP contribution in [0.1, 0.15) is 49.0 Å². The largest absolute Gasteiger partial charge is 0.494 e. The van der Waals surface area contributed by atoms with Gasteiger partial charge in [0.1, 0.15) is 5.75 Å². The molecular weight excluding hydrogens is 384 g/mol. The first-order valence-corrected chi connectivity index (χ1v) is 10.4. The van der Waals surface area contributed by atoms with Crippen LogP contribution in [-0.2, 0) is 6.54 Å². The van der Waals surface area contributed by atoms with Gasteiger partial charge in [-0.25, -0.2) is 9.48 Å². The first kappa shape index (κ1) is 20.0. The minimum absolute atomic E-state index is 0.174. The fourth-order valence-electron chi connectivity index (χ4n) is 3.22. The molecule has 0 atom stereocenters. The number of unbranched alkanes of at least 4 members (excludes halogenated alkanes) is 1. The van der Waals surface area contributed by atoms with E-state index in [2.05, 4.69) is 17.3 Å². The van der Waals surface area contributed by atoms with Gasteiger partial charge < -0.3 is 14.5 Å². The maximum absolute atomic E-state index is 12.8. The molecule has 158 valence electrons. The van der Waals surface area contributed by atoms with Crippen LogP contribution in [0, 0.1) is 0 Å². The molecule has 1 aromatic carbocycles. The van der Waals surface area contributed by atoms with Gasteiger partial charge in [0.05, 0.1) is 19.4 Å². The average Bonchev–Trinajstić information content (AvgIpc) is 3.33. The van der Waals surface area contributed by atoms with Crippen LogP contribution in [0.3, 0.4) is 0 Å². The Hall–Kier alpha value is -3.29. The van der Waals surface area contributed by atoms with Crippen molar-refractivity contribution in [2.75, 3.05) is 13.2 Å². The Bertz CT molecular complexity index is 1030. The smallest absolute Gasteiger partial charge is 0.346 e. The summed E-state index contributed by atoms with van der Waals surface area (Å²) in [6.07, 6.45) is 5.57. The molecule has 4 rings (SSSR count). The summed E-state index contributed by atoms with van der Waals surface area (Å²) in [6, 6.07) is 10.8. The van der Waals surface area contributed by atoms with Gasteiger partial charge in [0.2, 0.25) is 5.82 Å². The van der Waals surface area contributed by atoms with Crippen molar-refractivity contribution in [3.8, 4) is 17.3 Å². The molecule has 2 aromatic heterocycles. The summed E-state index contributed by atoms with van der Waals surface area (Å²) in [6.45, 7) is 3.37. The molecule has 1 aliphatic carbocycles. The maximum atomic E-state index is 12.8. The topological polar surface area (TPSA) is 91.3 Å². The lowest BCUT2D eigenvalue weighted by Gasteiger charge is -2.07. The van der Waals surface area contributed by atoms with Crippen molar-refractivity contribution < 1.29 is 13.9 Å². The van der Waals surface area contributed by atoms with E-state index in [-0.39, 0.29) is 24.2 Å². The molecule has 8 heteroatoms. The number of aromatic nitrogens is 3. The number of nitrogens with zero attached hydrogens (tertiary/aromatic N) is 3. The van der Waals surface area contributed by atoms with E-state index in [9.17, 15) is 9.59 Å². The van der Waals surface area contributed by atoms with E-state index in [0.29, 0.717) is 30.3 Å². The molecule has 0 saturated heterocycles. The van der Waals surface area contributed by atoms with Crippen molar-refractivity contribution in [3.05, 3.63) is 58.7 Å². The summed E-state index contributed by atoms with van der Waals surface area (Å²) in [4.78, 5) is 25.1.